The van der Waals surface area contributed by atoms with Crippen molar-refractivity contribution < 1.29 is 4.74 Å². The predicted octanol–water partition coefficient (Wildman–Crippen LogP) is 5.29. The smallest absolute Gasteiger partial charge is 0.142 e. The van der Waals surface area contributed by atoms with E-state index < -0.39 is 0 Å². The van der Waals surface area contributed by atoms with Crippen LogP contribution in [0.15, 0.2) is 51.4 Å². The van der Waals surface area contributed by atoms with E-state index in [1.807, 2.05) is 42.5 Å². The molecule has 1 aromatic heterocycles. The van der Waals surface area contributed by atoms with Gasteiger partial charge >= 0.3 is 0 Å². The predicted molar refractivity (Wildman–Crippen MR) is 99.0 cm³/mol. The fourth-order valence-corrected chi connectivity index (χ4v) is 4.59. The van der Waals surface area contributed by atoms with Gasteiger partial charge in [-0.3, -0.25) is 5.41 Å². The lowest BCUT2D eigenvalue weighted by Gasteiger charge is -2.10. The van der Waals surface area contributed by atoms with Crippen LogP contribution in [-0.2, 0) is 6.61 Å². The number of hydrogen-bond donors (Lipinski definition) is 2. The minimum Gasteiger partial charge on any atom is -0.487 e. The van der Waals surface area contributed by atoms with E-state index in [-0.39, 0.29) is 5.84 Å². The Morgan fingerprint density at radius 3 is 2.55 bits per heavy atom. The molecule has 3 N–H and O–H groups in total. The number of amidine groups is 1. The molecule has 0 saturated heterocycles. The monoisotopic (exact) mass is 438 g/mol. The Hall–Kier alpha value is -1.37. The second-order valence-electron chi connectivity index (χ2n) is 4.71. The van der Waals surface area contributed by atoms with Crippen LogP contribution in [0.5, 0.6) is 5.75 Å². The Morgan fingerprint density at radius 2 is 1.86 bits per heavy atom. The normalized spacial score (nSPS) is 10.8. The molecule has 1 heterocycles. The van der Waals surface area contributed by atoms with Crippen molar-refractivity contribution in [1.82, 2.24) is 0 Å². The van der Waals surface area contributed by atoms with Gasteiger partial charge in [-0.05, 0) is 49.6 Å². The summed E-state index contributed by atoms with van der Waals surface area (Å²) in [5.41, 5.74) is 6.71. The van der Waals surface area contributed by atoms with Gasteiger partial charge in [-0.1, -0.05) is 30.3 Å². The quantitative estimate of drug-likeness (QED) is 0.428. The van der Waals surface area contributed by atoms with Gasteiger partial charge in [-0.15, -0.1) is 11.3 Å². The number of hydrogen-bond acceptors (Lipinski definition) is 3. The summed E-state index contributed by atoms with van der Waals surface area (Å²) >= 11 is 8.59. The van der Waals surface area contributed by atoms with E-state index in [1.165, 1.54) is 11.3 Å². The van der Waals surface area contributed by atoms with Gasteiger partial charge in [-0.25, -0.2) is 0 Å². The highest BCUT2D eigenvalue weighted by molar-refractivity contribution is 9.11. The van der Waals surface area contributed by atoms with E-state index in [9.17, 15) is 0 Å². The maximum Gasteiger partial charge on any atom is 0.142 e. The fourth-order valence-electron chi connectivity index (χ4n) is 2.12. The molecule has 3 aromatic rings. The summed E-state index contributed by atoms with van der Waals surface area (Å²) in [4.78, 5) is 0.735. The molecule has 0 aliphatic carbocycles. The molecule has 0 fully saturated rings. The molecule has 6 heteroatoms. The van der Waals surface area contributed by atoms with Crippen LogP contribution in [0, 0.1) is 5.41 Å². The number of benzene rings is 2. The molecule has 22 heavy (non-hydrogen) atoms. The molecule has 2 aromatic carbocycles. The van der Waals surface area contributed by atoms with Gasteiger partial charge in [0.15, 0.2) is 0 Å². The maximum absolute atomic E-state index is 7.62. The molecule has 0 aliphatic heterocycles. The molecule has 3 nitrogen and oxygen atoms in total. The summed E-state index contributed by atoms with van der Waals surface area (Å²) in [6.45, 7) is 0.488. The van der Waals surface area contributed by atoms with Crippen LogP contribution < -0.4 is 10.5 Å². The molecule has 0 amide bonds. The third kappa shape index (κ3) is 3.04. The van der Waals surface area contributed by atoms with Crippen LogP contribution in [0.2, 0.25) is 0 Å². The van der Waals surface area contributed by atoms with Gasteiger partial charge in [0.2, 0.25) is 0 Å². The third-order valence-electron chi connectivity index (χ3n) is 3.16. The highest BCUT2D eigenvalue weighted by Gasteiger charge is 2.15. The SMILES string of the molecule is N=C(N)c1cc2c(OCc3ccccc3)c(Br)cc(Br)c2s1. The Morgan fingerprint density at radius 1 is 1.14 bits per heavy atom. The zero-order valence-corrected chi connectivity index (χ0v) is 15.4. The van der Waals surface area contributed by atoms with Crippen LogP contribution in [0.1, 0.15) is 10.4 Å². The number of nitrogen functional groups attached to an aromatic ring is 1. The van der Waals surface area contributed by atoms with E-state index in [2.05, 4.69) is 31.9 Å². The number of thiophene rings is 1. The van der Waals surface area contributed by atoms with Crippen molar-refractivity contribution in [3.05, 3.63) is 61.9 Å². The van der Waals surface area contributed by atoms with Gasteiger partial charge in [-0.2, -0.15) is 0 Å². The largest absolute Gasteiger partial charge is 0.487 e. The summed E-state index contributed by atoms with van der Waals surface area (Å²) < 4.78 is 8.86. The average Bonchev–Trinajstić information content (AvgIpc) is 2.94. The third-order valence-corrected chi connectivity index (χ3v) is 5.83. The molecule has 0 unspecified atom stereocenters. The van der Waals surface area contributed by atoms with Crippen LogP contribution in [0.4, 0.5) is 0 Å². The minimum atomic E-state index is 0.0678. The van der Waals surface area contributed by atoms with E-state index in [0.29, 0.717) is 6.61 Å². The summed E-state index contributed by atoms with van der Waals surface area (Å²) in [5.74, 6) is 0.837. The average molecular weight is 440 g/mol. The second-order valence-corrected chi connectivity index (χ2v) is 7.47. The van der Waals surface area contributed by atoms with Gasteiger partial charge in [0.05, 0.1) is 14.0 Å². The molecule has 0 radical (unpaired) electrons. The Kier molecular flexibility index (Phi) is 4.52. The van der Waals surface area contributed by atoms with Gasteiger partial charge in [0.1, 0.15) is 18.2 Å². The Balaban J connectivity index is 2.02. The lowest BCUT2D eigenvalue weighted by atomic mass is 10.2. The number of nitrogens with one attached hydrogen (secondary N) is 1. The first-order chi connectivity index (χ1) is 10.6. The molecule has 3 rings (SSSR count). The maximum atomic E-state index is 7.62. The molecular formula is C16H12Br2N2OS. The van der Waals surface area contributed by atoms with Crippen LogP contribution in [-0.4, -0.2) is 5.84 Å². The van der Waals surface area contributed by atoms with Crippen LogP contribution in [0.3, 0.4) is 0 Å². The fraction of sp³-hybridized carbons (Fsp3) is 0.0625. The first-order valence-electron chi connectivity index (χ1n) is 6.49. The van der Waals surface area contributed by atoms with Crippen molar-refractivity contribution in [3.8, 4) is 5.75 Å². The summed E-state index contributed by atoms with van der Waals surface area (Å²) in [6, 6.07) is 13.9. The van der Waals surface area contributed by atoms with Crippen LogP contribution >= 0.6 is 43.2 Å². The topological polar surface area (TPSA) is 59.1 Å². The second kappa shape index (κ2) is 6.40. The molecule has 0 bridgehead atoms. The van der Waals surface area contributed by atoms with Crippen molar-refractivity contribution in [2.75, 3.05) is 0 Å². The van der Waals surface area contributed by atoms with E-state index in [4.69, 9.17) is 15.9 Å². The number of fused-ring (bicyclic) bond motifs is 1. The molecule has 0 atom stereocenters. The van der Waals surface area contributed by atoms with Crippen molar-refractivity contribution in [1.29, 1.82) is 5.41 Å². The number of ether oxygens (including phenoxy) is 1. The molecule has 112 valence electrons. The van der Waals surface area contributed by atoms with Gasteiger partial charge in [0, 0.05) is 9.86 Å². The zero-order valence-electron chi connectivity index (χ0n) is 11.4. The molecule has 0 spiro atoms. The van der Waals surface area contributed by atoms with Crippen molar-refractivity contribution in [2.45, 2.75) is 6.61 Å². The van der Waals surface area contributed by atoms with Crippen molar-refractivity contribution in [2.24, 2.45) is 5.73 Å². The highest BCUT2D eigenvalue weighted by atomic mass is 79.9. The lowest BCUT2D eigenvalue weighted by molar-refractivity contribution is 0.308. The number of nitrogens with two attached hydrogens (primary N) is 1. The number of halogens is 2. The zero-order chi connectivity index (χ0) is 15.7. The first kappa shape index (κ1) is 15.5. The minimum absolute atomic E-state index is 0.0678. The first-order valence-corrected chi connectivity index (χ1v) is 8.89. The van der Waals surface area contributed by atoms with E-state index in [1.54, 1.807) is 0 Å². The molecular weight excluding hydrogens is 428 g/mol. The number of rotatable bonds is 4. The van der Waals surface area contributed by atoms with Crippen LogP contribution in [0.25, 0.3) is 10.1 Å². The van der Waals surface area contributed by atoms with E-state index >= 15 is 0 Å². The summed E-state index contributed by atoms with van der Waals surface area (Å²) in [7, 11) is 0. The van der Waals surface area contributed by atoms with Crippen molar-refractivity contribution >= 4 is 59.1 Å². The molecule has 0 saturated carbocycles. The van der Waals surface area contributed by atoms with Crippen molar-refractivity contribution in [3.63, 3.8) is 0 Å². The summed E-state index contributed by atoms with van der Waals surface area (Å²) in [5, 5.41) is 8.57. The Bertz CT molecular complexity index is 846. The van der Waals surface area contributed by atoms with Gasteiger partial charge < -0.3 is 10.5 Å². The van der Waals surface area contributed by atoms with E-state index in [0.717, 1.165) is 35.2 Å². The summed E-state index contributed by atoms with van der Waals surface area (Å²) in [6.07, 6.45) is 0. The molecule has 0 aliphatic rings. The highest BCUT2D eigenvalue weighted by Crippen LogP contribution is 2.43. The Labute approximate surface area is 148 Å². The lowest BCUT2D eigenvalue weighted by Crippen LogP contribution is -2.08. The van der Waals surface area contributed by atoms with Gasteiger partial charge in [0.25, 0.3) is 0 Å². The standard InChI is InChI=1S/C16H12Br2N2OS/c17-11-7-12(18)15-10(6-13(22-15)16(19)20)14(11)21-8-9-4-2-1-3-5-9/h1-7H,8H2,(H3,19,20).